The van der Waals surface area contributed by atoms with E-state index in [2.05, 4.69) is 34.8 Å². The van der Waals surface area contributed by atoms with Crippen molar-refractivity contribution in [1.82, 2.24) is 5.32 Å². The molecule has 1 heterocycles. The number of morpholine rings is 1. The zero-order valence-electron chi connectivity index (χ0n) is 9.90. The molecule has 0 saturated carbocycles. The lowest BCUT2D eigenvalue weighted by atomic mass is 10.0. The van der Waals surface area contributed by atoms with E-state index in [9.17, 15) is 5.11 Å². The summed E-state index contributed by atoms with van der Waals surface area (Å²) in [4.78, 5) is 0. The maximum absolute atomic E-state index is 10.2. The third kappa shape index (κ3) is 3.91. The third-order valence-electron chi connectivity index (χ3n) is 2.97. The van der Waals surface area contributed by atoms with Crippen molar-refractivity contribution >= 4 is 22.6 Å². The van der Waals surface area contributed by atoms with Crippen LogP contribution in [0.4, 0.5) is 0 Å². The summed E-state index contributed by atoms with van der Waals surface area (Å²) in [5.74, 6) is 0. The molecule has 0 aromatic heterocycles. The van der Waals surface area contributed by atoms with E-state index in [1.165, 1.54) is 3.57 Å². The van der Waals surface area contributed by atoms with Gasteiger partial charge in [-0.3, -0.25) is 0 Å². The van der Waals surface area contributed by atoms with Crippen molar-refractivity contribution in [2.45, 2.75) is 31.5 Å². The standard InChI is InChI=1S/C13H18INO2/c1-9-7-17-8-12(15-9)6-13(16)10-2-4-11(14)5-3-10/h2-5,9,12-13,15-16H,6-8H2,1H3. The quantitative estimate of drug-likeness (QED) is 0.823. The minimum atomic E-state index is -0.418. The van der Waals surface area contributed by atoms with Crippen molar-refractivity contribution in [3.05, 3.63) is 33.4 Å². The molecular formula is C13H18INO2. The minimum absolute atomic E-state index is 0.244. The highest BCUT2D eigenvalue weighted by Crippen LogP contribution is 2.20. The van der Waals surface area contributed by atoms with Crippen LogP contribution in [-0.2, 0) is 4.74 Å². The first-order valence-corrected chi connectivity index (χ1v) is 7.00. The number of ether oxygens (including phenoxy) is 1. The maximum atomic E-state index is 10.2. The Hall–Kier alpha value is -0.170. The van der Waals surface area contributed by atoms with E-state index in [4.69, 9.17) is 4.74 Å². The summed E-state index contributed by atoms with van der Waals surface area (Å²) in [6.07, 6.45) is 0.281. The second-order valence-electron chi connectivity index (χ2n) is 4.61. The van der Waals surface area contributed by atoms with Crippen LogP contribution in [0.25, 0.3) is 0 Å². The summed E-state index contributed by atoms with van der Waals surface area (Å²) >= 11 is 2.26. The predicted molar refractivity (Wildman–Crippen MR) is 75.9 cm³/mol. The fraction of sp³-hybridized carbons (Fsp3) is 0.538. The highest BCUT2D eigenvalue weighted by Gasteiger charge is 2.21. The molecule has 1 aromatic rings. The molecule has 1 fully saturated rings. The molecule has 0 aliphatic carbocycles. The molecule has 2 N–H and O–H groups in total. The number of benzene rings is 1. The van der Waals surface area contributed by atoms with E-state index in [1.54, 1.807) is 0 Å². The number of halogens is 1. The molecule has 1 aliphatic heterocycles. The first-order chi connectivity index (χ1) is 8.15. The Morgan fingerprint density at radius 2 is 2.12 bits per heavy atom. The van der Waals surface area contributed by atoms with Gasteiger partial charge in [-0.05, 0) is 53.6 Å². The Bertz CT molecular complexity index is 355. The average molecular weight is 347 g/mol. The van der Waals surface area contributed by atoms with Gasteiger partial charge in [0.05, 0.1) is 19.3 Å². The molecule has 3 atom stereocenters. The second kappa shape index (κ2) is 6.13. The number of aliphatic hydroxyl groups excluding tert-OH is 1. The number of hydrogen-bond donors (Lipinski definition) is 2. The van der Waals surface area contributed by atoms with Gasteiger partial charge in [0.1, 0.15) is 0 Å². The van der Waals surface area contributed by atoms with Gasteiger partial charge < -0.3 is 15.2 Å². The molecule has 0 spiro atoms. The normalized spacial score (nSPS) is 26.8. The average Bonchev–Trinajstić information content (AvgIpc) is 2.29. The highest BCUT2D eigenvalue weighted by molar-refractivity contribution is 14.1. The zero-order chi connectivity index (χ0) is 12.3. The fourth-order valence-electron chi connectivity index (χ4n) is 2.11. The van der Waals surface area contributed by atoms with Gasteiger partial charge in [-0.2, -0.15) is 0 Å². The Kier molecular flexibility index (Phi) is 4.78. The van der Waals surface area contributed by atoms with E-state index < -0.39 is 6.10 Å². The summed E-state index contributed by atoms with van der Waals surface area (Å²) in [5, 5.41) is 13.6. The number of aliphatic hydroxyl groups is 1. The van der Waals surface area contributed by atoms with Crippen LogP contribution in [0, 0.1) is 3.57 Å². The van der Waals surface area contributed by atoms with Gasteiger partial charge in [-0.1, -0.05) is 12.1 Å². The predicted octanol–water partition coefficient (Wildman–Crippen LogP) is 2.09. The molecule has 3 nitrogen and oxygen atoms in total. The lowest BCUT2D eigenvalue weighted by Gasteiger charge is -2.30. The Labute approximate surface area is 116 Å². The molecule has 94 valence electrons. The summed E-state index contributed by atoms with van der Waals surface area (Å²) < 4.78 is 6.66. The summed E-state index contributed by atoms with van der Waals surface area (Å²) in [6, 6.07) is 8.63. The molecule has 1 aliphatic rings. The number of rotatable bonds is 3. The van der Waals surface area contributed by atoms with Crippen molar-refractivity contribution in [3.8, 4) is 0 Å². The summed E-state index contributed by atoms with van der Waals surface area (Å²) in [7, 11) is 0. The molecule has 3 unspecified atom stereocenters. The Morgan fingerprint density at radius 3 is 2.76 bits per heavy atom. The van der Waals surface area contributed by atoms with Crippen molar-refractivity contribution in [2.24, 2.45) is 0 Å². The molecule has 17 heavy (non-hydrogen) atoms. The monoisotopic (exact) mass is 347 g/mol. The van der Waals surface area contributed by atoms with Gasteiger partial charge in [-0.25, -0.2) is 0 Å². The van der Waals surface area contributed by atoms with Gasteiger partial charge in [0, 0.05) is 15.7 Å². The van der Waals surface area contributed by atoms with Gasteiger partial charge in [0.15, 0.2) is 0 Å². The molecule has 0 bridgehead atoms. The molecular weight excluding hydrogens is 329 g/mol. The molecule has 0 amide bonds. The van der Waals surface area contributed by atoms with Crippen molar-refractivity contribution < 1.29 is 9.84 Å². The topological polar surface area (TPSA) is 41.5 Å². The number of nitrogens with one attached hydrogen (secondary N) is 1. The summed E-state index contributed by atoms with van der Waals surface area (Å²) in [5.41, 5.74) is 0.977. The second-order valence-corrected chi connectivity index (χ2v) is 5.85. The van der Waals surface area contributed by atoms with E-state index >= 15 is 0 Å². The van der Waals surface area contributed by atoms with Crippen LogP contribution < -0.4 is 5.32 Å². The molecule has 0 radical (unpaired) electrons. The Balaban J connectivity index is 1.91. The largest absolute Gasteiger partial charge is 0.388 e. The van der Waals surface area contributed by atoms with Gasteiger partial charge in [0.25, 0.3) is 0 Å². The zero-order valence-corrected chi connectivity index (χ0v) is 12.1. The minimum Gasteiger partial charge on any atom is -0.388 e. The number of hydrogen-bond acceptors (Lipinski definition) is 3. The molecule has 2 rings (SSSR count). The van der Waals surface area contributed by atoms with E-state index in [0.717, 1.165) is 12.2 Å². The van der Waals surface area contributed by atoms with E-state index in [1.807, 2.05) is 24.3 Å². The van der Waals surface area contributed by atoms with Crippen molar-refractivity contribution in [1.29, 1.82) is 0 Å². The van der Waals surface area contributed by atoms with Crippen molar-refractivity contribution in [3.63, 3.8) is 0 Å². The van der Waals surface area contributed by atoms with Gasteiger partial charge in [0.2, 0.25) is 0 Å². The molecule has 1 saturated heterocycles. The summed E-state index contributed by atoms with van der Waals surface area (Å²) in [6.45, 7) is 3.55. The first kappa shape index (κ1) is 13.3. The fourth-order valence-corrected chi connectivity index (χ4v) is 2.47. The van der Waals surface area contributed by atoms with Crippen LogP contribution >= 0.6 is 22.6 Å². The van der Waals surface area contributed by atoms with Crippen molar-refractivity contribution in [2.75, 3.05) is 13.2 Å². The van der Waals surface area contributed by atoms with Crippen LogP contribution in [0.2, 0.25) is 0 Å². The third-order valence-corrected chi connectivity index (χ3v) is 3.69. The molecule has 1 aromatic carbocycles. The SMILES string of the molecule is CC1COCC(CC(O)c2ccc(I)cc2)N1. The molecule has 4 heteroatoms. The Morgan fingerprint density at radius 1 is 1.41 bits per heavy atom. The van der Waals surface area contributed by atoms with Crippen LogP contribution in [0.15, 0.2) is 24.3 Å². The van der Waals surface area contributed by atoms with Gasteiger partial charge in [-0.15, -0.1) is 0 Å². The van der Waals surface area contributed by atoms with Crippen LogP contribution in [0.3, 0.4) is 0 Å². The first-order valence-electron chi connectivity index (χ1n) is 5.92. The van der Waals surface area contributed by atoms with E-state index in [-0.39, 0.29) is 6.04 Å². The van der Waals surface area contributed by atoms with Gasteiger partial charge >= 0.3 is 0 Å². The smallest absolute Gasteiger partial charge is 0.0805 e. The van der Waals surface area contributed by atoms with Crippen LogP contribution in [-0.4, -0.2) is 30.4 Å². The van der Waals surface area contributed by atoms with E-state index in [0.29, 0.717) is 19.1 Å². The highest BCUT2D eigenvalue weighted by atomic mass is 127. The van der Waals surface area contributed by atoms with Crippen LogP contribution in [0.1, 0.15) is 25.0 Å². The lowest BCUT2D eigenvalue weighted by molar-refractivity contribution is 0.0304. The lowest BCUT2D eigenvalue weighted by Crippen LogP contribution is -2.47. The van der Waals surface area contributed by atoms with Crippen LogP contribution in [0.5, 0.6) is 0 Å². The maximum Gasteiger partial charge on any atom is 0.0805 e.